The Hall–Kier alpha value is -0.530. The molecule has 0 bridgehead atoms. The molecule has 0 saturated carbocycles. The summed E-state index contributed by atoms with van der Waals surface area (Å²) in [7, 11) is 0. The zero-order valence-corrected chi connectivity index (χ0v) is 19.7. The summed E-state index contributed by atoms with van der Waals surface area (Å²) in [4.78, 5) is 11.7. The molecular formula is C26H52O2. The van der Waals surface area contributed by atoms with E-state index >= 15 is 0 Å². The Labute approximate surface area is 177 Å². The van der Waals surface area contributed by atoms with E-state index in [1.807, 2.05) is 0 Å². The Morgan fingerprint density at radius 1 is 0.571 bits per heavy atom. The number of hydrogen-bond acceptors (Lipinski definition) is 1. The normalized spacial score (nSPS) is 12.6. The van der Waals surface area contributed by atoms with Crippen molar-refractivity contribution in [2.24, 2.45) is 11.8 Å². The van der Waals surface area contributed by atoms with Crippen LogP contribution in [0.5, 0.6) is 0 Å². The molecule has 0 saturated heterocycles. The van der Waals surface area contributed by atoms with Crippen LogP contribution in [0, 0.1) is 11.8 Å². The molecule has 0 amide bonds. The first-order valence-electron chi connectivity index (χ1n) is 12.9. The third-order valence-corrected chi connectivity index (χ3v) is 6.31. The van der Waals surface area contributed by atoms with E-state index in [9.17, 15) is 9.90 Å². The van der Waals surface area contributed by atoms with E-state index in [-0.39, 0.29) is 5.92 Å². The maximum Gasteiger partial charge on any atom is 0.306 e. The first-order chi connectivity index (χ1) is 13.7. The topological polar surface area (TPSA) is 37.3 Å². The largest absolute Gasteiger partial charge is 0.481 e. The van der Waals surface area contributed by atoms with Crippen LogP contribution >= 0.6 is 0 Å². The number of carboxylic acid groups (broad SMARTS) is 1. The van der Waals surface area contributed by atoms with Gasteiger partial charge in [-0.2, -0.15) is 0 Å². The van der Waals surface area contributed by atoms with Crippen LogP contribution in [-0.2, 0) is 4.79 Å². The van der Waals surface area contributed by atoms with Gasteiger partial charge in [-0.15, -0.1) is 0 Å². The van der Waals surface area contributed by atoms with Gasteiger partial charge in [-0.25, -0.2) is 0 Å². The van der Waals surface area contributed by atoms with Gasteiger partial charge in [-0.05, 0) is 18.8 Å². The number of unbranched alkanes of at least 4 members (excludes halogenated alkanes) is 13. The minimum Gasteiger partial charge on any atom is -0.481 e. The van der Waals surface area contributed by atoms with E-state index in [4.69, 9.17) is 0 Å². The molecule has 0 aliphatic rings. The van der Waals surface area contributed by atoms with Crippen LogP contribution in [-0.4, -0.2) is 11.1 Å². The van der Waals surface area contributed by atoms with E-state index in [0.717, 1.165) is 19.3 Å². The zero-order chi connectivity index (χ0) is 20.9. The molecule has 0 aliphatic carbocycles. The van der Waals surface area contributed by atoms with Gasteiger partial charge in [0.1, 0.15) is 0 Å². The number of carbonyl (C=O) groups is 1. The molecule has 1 N–H and O–H groups in total. The van der Waals surface area contributed by atoms with Crippen molar-refractivity contribution in [1.82, 2.24) is 0 Å². The van der Waals surface area contributed by atoms with Crippen LogP contribution in [0.1, 0.15) is 149 Å². The van der Waals surface area contributed by atoms with Crippen molar-refractivity contribution in [3.63, 3.8) is 0 Å². The molecular weight excluding hydrogens is 344 g/mol. The average molecular weight is 397 g/mol. The zero-order valence-electron chi connectivity index (χ0n) is 19.7. The third-order valence-electron chi connectivity index (χ3n) is 6.31. The highest BCUT2D eigenvalue weighted by atomic mass is 16.4. The van der Waals surface area contributed by atoms with Gasteiger partial charge in [-0.3, -0.25) is 4.79 Å². The monoisotopic (exact) mass is 396 g/mol. The summed E-state index contributed by atoms with van der Waals surface area (Å²) in [6.07, 6.45) is 25.3. The van der Waals surface area contributed by atoms with Crippen LogP contribution in [0.3, 0.4) is 0 Å². The van der Waals surface area contributed by atoms with Crippen molar-refractivity contribution in [2.75, 3.05) is 0 Å². The molecule has 168 valence electrons. The van der Waals surface area contributed by atoms with Crippen molar-refractivity contribution < 1.29 is 9.90 Å². The lowest BCUT2D eigenvalue weighted by atomic mass is 9.84. The minimum atomic E-state index is -0.555. The third kappa shape index (κ3) is 17.6. The Morgan fingerprint density at radius 2 is 0.964 bits per heavy atom. The van der Waals surface area contributed by atoms with E-state index in [2.05, 4.69) is 20.8 Å². The Bertz CT molecular complexity index is 318. The molecule has 28 heavy (non-hydrogen) atoms. The summed E-state index contributed by atoms with van der Waals surface area (Å²) >= 11 is 0. The molecule has 0 aromatic carbocycles. The predicted octanol–water partition coefficient (Wildman–Crippen LogP) is 9.17. The Balaban J connectivity index is 3.81. The number of aliphatic carboxylic acids is 1. The molecule has 2 nitrogen and oxygen atoms in total. The predicted molar refractivity (Wildman–Crippen MR) is 124 cm³/mol. The fourth-order valence-corrected chi connectivity index (χ4v) is 4.34. The second-order valence-corrected chi connectivity index (χ2v) is 9.10. The number of hydrogen-bond donors (Lipinski definition) is 1. The van der Waals surface area contributed by atoms with Crippen LogP contribution in [0.4, 0.5) is 0 Å². The maximum atomic E-state index is 11.7. The van der Waals surface area contributed by atoms with E-state index in [0.29, 0.717) is 5.92 Å². The quantitative estimate of drug-likeness (QED) is 0.185. The van der Waals surface area contributed by atoms with Crippen molar-refractivity contribution >= 4 is 5.97 Å². The lowest BCUT2D eigenvalue weighted by molar-refractivity contribution is -0.142. The molecule has 0 fully saturated rings. The van der Waals surface area contributed by atoms with Gasteiger partial charge >= 0.3 is 5.97 Å². The lowest BCUT2D eigenvalue weighted by Crippen LogP contribution is -2.18. The van der Waals surface area contributed by atoms with Crippen molar-refractivity contribution in [3.05, 3.63) is 0 Å². The summed E-state index contributed by atoms with van der Waals surface area (Å²) in [5.74, 6) is -0.0405. The molecule has 0 rings (SSSR count). The molecule has 2 heteroatoms. The van der Waals surface area contributed by atoms with E-state index in [1.54, 1.807) is 0 Å². The van der Waals surface area contributed by atoms with E-state index < -0.39 is 5.97 Å². The summed E-state index contributed by atoms with van der Waals surface area (Å²) in [6.45, 7) is 6.74. The second-order valence-electron chi connectivity index (χ2n) is 9.10. The van der Waals surface area contributed by atoms with Gasteiger partial charge in [0, 0.05) is 0 Å². The number of carboxylic acids is 1. The first kappa shape index (κ1) is 27.5. The molecule has 0 spiro atoms. The fraction of sp³-hybridized carbons (Fsp3) is 0.962. The Morgan fingerprint density at radius 3 is 1.36 bits per heavy atom. The molecule has 0 aliphatic heterocycles. The van der Waals surface area contributed by atoms with Crippen LogP contribution in [0.15, 0.2) is 0 Å². The van der Waals surface area contributed by atoms with Gasteiger partial charge in [0.05, 0.1) is 5.92 Å². The van der Waals surface area contributed by atoms with Gasteiger partial charge < -0.3 is 5.11 Å². The smallest absolute Gasteiger partial charge is 0.306 e. The van der Waals surface area contributed by atoms with Crippen LogP contribution < -0.4 is 0 Å². The molecule has 0 radical (unpaired) electrons. The van der Waals surface area contributed by atoms with Crippen molar-refractivity contribution in [1.29, 1.82) is 0 Å². The highest BCUT2D eigenvalue weighted by molar-refractivity contribution is 5.69. The van der Waals surface area contributed by atoms with Crippen molar-refractivity contribution in [2.45, 2.75) is 149 Å². The summed E-state index contributed by atoms with van der Waals surface area (Å²) in [5, 5.41) is 9.65. The average Bonchev–Trinajstić information content (AvgIpc) is 2.69. The van der Waals surface area contributed by atoms with E-state index in [1.165, 1.54) is 109 Å². The summed E-state index contributed by atoms with van der Waals surface area (Å²) < 4.78 is 0. The molecule has 0 aromatic rings. The summed E-state index contributed by atoms with van der Waals surface area (Å²) in [6, 6.07) is 0. The number of rotatable bonds is 22. The standard InChI is InChI=1S/C26H52O2/c1-4-7-10-11-12-13-14-15-16-17-18-19-22-25(26(27)28)23-24(20-8-5-2)21-9-6-3/h24-25H,4-23H2,1-3H3,(H,27,28). The van der Waals surface area contributed by atoms with Crippen molar-refractivity contribution in [3.8, 4) is 0 Å². The molecule has 0 aromatic heterocycles. The first-order valence-corrected chi connectivity index (χ1v) is 12.9. The summed E-state index contributed by atoms with van der Waals surface area (Å²) in [5.41, 5.74) is 0. The van der Waals surface area contributed by atoms with Crippen LogP contribution in [0.25, 0.3) is 0 Å². The minimum absolute atomic E-state index is 0.109. The molecule has 1 unspecified atom stereocenters. The highest BCUT2D eigenvalue weighted by Gasteiger charge is 2.21. The maximum absolute atomic E-state index is 11.7. The fourth-order valence-electron chi connectivity index (χ4n) is 4.34. The van der Waals surface area contributed by atoms with Gasteiger partial charge in [0.25, 0.3) is 0 Å². The van der Waals surface area contributed by atoms with Gasteiger partial charge in [-0.1, -0.05) is 136 Å². The van der Waals surface area contributed by atoms with Gasteiger partial charge in [0.15, 0.2) is 0 Å². The second kappa shape index (κ2) is 21.2. The highest BCUT2D eigenvalue weighted by Crippen LogP contribution is 2.27. The Kier molecular flexibility index (Phi) is 20.8. The molecule has 1 atom stereocenters. The lowest BCUT2D eigenvalue weighted by Gasteiger charge is -2.21. The SMILES string of the molecule is CCCCCCCCCCCCCCC(CC(CCCC)CCCC)C(=O)O. The van der Waals surface area contributed by atoms with Gasteiger partial charge in [0.2, 0.25) is 0 Å². The molecule has 0 heterocycles. The van der Waals surface area contributed by atoms with Crippen LogP contribution in [0.2, 0.25) is 0 Å².